The van der Waals surface area contributed by atoms with Crippen molar-refractivity contribution < 1.29 is 0 Å². The van der Waals surface area contributed by atoms with E-state index >= 15 is 0 Å². The molecule has 0 spiro atoms. The van der Waals surface area contributed by atoms with E-state index in [1.54, 1.807) is 23.1 Å². The van der Waals surface area contributed by atoms with Crippen LogP contribution < -0.4 is 5.73 Å². The predicted octanol–water partition coefficient (Wildman–Crippen LogP) is 3.88. The van der Waals surface area contributed by atoms with Gasteiger partial charge in [-0.2, -0.15) is 0 Å². The van der Waals surface area contributed by atoms with Crippen molar-refractivity contribution in [2.45, 2.75) is 42.0 Å². The fourth-order valence-corrected chi connectivity index (χ4v) is 3.44. The lowest BCUT2D eigenvalue weighted by molar-refractivity contribution is 0.644. The second-order valence-electron chi connectivity index (χ2n) is 4.36. The van der Waals surface area contributed by atoms with Crippen molar-refractivity contribution in [3.63, 3.8) is 0 Å². The molecule has 1 atom stereocenters. The second kappa shape index (κ2) is 6.36. The average Bonchev–Trinajstić information content (AvgIpc) is 2.85. The number of rotatable bonds is 5. The number of nitrogens with zero attached hydrogens (tertiary/aromatic N) is 1. The number of hydrogen-bond donors (Lipinski definition) is 1. The molecular weight excluding hydrogens is 260 g/mol. The molecule has 0 aliphatic rings. The fraction of sp³-hybridized carbons (Fsp3) is 0.357. The van der Waals surface area contributed by atoms with E-state index in [1.165, 1.54) is 16.0 Å². The minimum atomic E-state index is 0.265. The van der Waals surface area contributed by atoms with Gasteiger partial charge in [-0.05, 0) is 43.0 Å². The Bertz CT molecular complexity index is 495. The van der Waals surface area contributed by atoms with Crippen LogP contribution in [0.5, 0.6) is 0 Å². The van der Waals surface area contributed by atoms with E-state index in [1.807, 2.05) is 11.6 Å². The molecule has 0 radical (unpaired) electrons. The first-order valence-electron chi connectivity index (χ1n) is 6.11. The molecule has 2 nitrogen and oxygen atoms in total. The maximum absolute atomic E-state index is 6.01. The van der Waals surface area contributed by atoms with Crippen LogP contribution in [0.4, 0.5) is 0 Å². The van der Waals surface area contributed by atoms with E-state index in [2.05, 4.69) is 37.0 Å². The molecule has 0 saturated heterocycles. The molecule has 1 aromatic carbocycles. The summed E-state index contributed by atoms with van der Waals surface area (Å²) >= 11 is 3.39. The third kappa shape index (κ3) is 3.57. The molecule has 2 N–H and O–H groups in total. The normalized spacial score (nSPS) is 12.6. The minimum absolute atomic E-state index is 0.265. The van der Waals surface area contributed by atoms with E-state index in [0.29, 0.717) is 0 Å². The molecule has 2 rings (SSSR count). The number of aryl methyl sites for hydroxylation is 1. The Labute approximate surface area is 117 Å². The SMILES string of the molecule is CCC(N)Cc1ccc(Sc2nccs2)cc1C. The van der Waals surface area contributed by atoms with Crippen molar-refractivity contribution in [1.29, 1.82) is 0 Å². The van der Waals surface area contributed by atoms with Gasteiger partial charge in [-0.1, -0.05) is 24.8 Å². The van der Waals surface area contributed by atoms with Crippen LogP contribution in [-0.2, 0) is 6.42 Å². The summed E-state index contributed by atoms with van der Waals surface area (Å²) in [5, 5.41) is 2.00. The summed E-state index contributed by atoms with van der Waals surface area (Å²) in [4.78, 5) is 5.53. The molecule has 0 fully saturated rings. The molecule has 4 heteroatoms. The number of hydrogen-bond acceptors (Lipinski definition) is 4. The average molecular weight is 278 g/mol. The summed E-state index contributed by atoms with van der Waals surface area (Å²) in [7, 11) is 0. The lowest BCUT2D eigenvalue weighted by Crippen LogP contribution is -2.21. The van der Waals surface area contributed by atoms with Crippen molar-refractivity contribution >= 4 is 23.1 Å². The summed E-state index contributed by atoms with van der Waals surface area (Å²) in [6.45, 7) is 4.29. The Balaban J connectivity index is 2.09. The van der Waals surface area contributed by atoms with Gasteiger partial charge in [-0.3, -0.25) is 0 Å². The first-order valence-corrected chi connectivity index (χ1v) is 7.81. The van der Waals surface area contributed by atoms with Crippen LogP contribution in [0.1, 0.15) is 24.5 Å². The summed E-state index contributed by atoms with van der Waals surface area (Å²) in [5.74, 6) is 0. The van der Waals surface area contributed by atoms with E-state index in [-0.39, 0.29) is 6.04 Å². The topological polar surface area (TPSA) is 38.9 Å². The second-order valence-corrected chi connectivity index (χ2v) is 6.58. The van der Waals surface area contributed by atoms with E-state index in [0.717, 1.165) is 17.2 Å². The molecule has 2 aromatic rings. The number of benzene rings is 1. The summed E-state index contributed by atoms with van der Waals surface area (Å²) in [6, 6.07) is 6.85. The Morgan fingerprint density at radius 3 is 2.89 bits per heavy atom. The summed E-state index contributed by atoms with van der Waals surface area (Å²) in [5.41, 5.74) is 8.68. The number of nitrogens with two attached hydrogens (primary N) is 1. The molecular formula is C14H18N2S2. The fourth-order valence-electron chi connectivity index (χ4n) is 1.75. The zero-order chi connectivity index (χ0) is 13.0. The minimum Gasteiger partial charge on any atom is -0.327 e. The van der Waals surface area contributed by atoms with Gasteiger partial charge in [-0.25, -0.2) is 4.98 Å². The van der Waals surface area contributed by atoms with Gasteiger partial charge in [0.25, 0.3) is 0 Å². The molecule has 96 valence electrons. The first-order chi connectivity index (χ1) is 8.69. The van der Waals surface area contributed by atoms with Crippen molar-refractivity contribution in [2.75, 3.05) is 0 Å². The quantitative estimate of drug-likeness (QED) is 0.902. The first kappa shape index (κ1) is 13.6. The molecule has 0 aliphatic heterocycles. The predicted molar refractivity (Wildman–Crippen MR) is 79.4 cm³/mol. The molecule has 18 heavy (non-hydrogen) atoms. The molecule has 0 amide bonds. The van der Waals surface area contributed by atoms with Crippen LogP contribution in [0.25, 0.3) is 0 Å². The smallest absolute Gasteiger partial charge is 0.154 e. The molecule has 0 bridgehead atoms. The van der Waals surface area contributed by atoms with Gasteiger partial charge >= 0.3 is 0 Å². The van der Waals surface area contributed by atoms with E-state index < -0.39 is 0 Å². The van der Waals surface area contributed by atoms with Crippen LogP contribution in [-0.4, -0.2) is 11.0 Å². The Morgan fingerprint density at radius 2 is 2.28 bits per heavy atom. The van der Waals surface area contributed by atoms with E-state index in [9.17, 15) is 0 Å². The highest BCUT2D eigenvalue weighted by Gasteiger charge is 2.06. The highest BCUT2D eigenvalue weighted by molar-refractivity contribution is 8.01. The summed E-state index contributed by atoms with van der Waals surface area (Å²) < 4.78 is 1.09. The van der Waals surface area contributed by atoms with Gasteiger partial charge in [0.2, 0.25) is 0 Å². The Hall–Kier alpha value is -0.840. The van der Waals surface area contributed by atoms with Gasteiger partial charge < -0.3 is 5.73 Å². The van der Waals surface area contributed by atoms with Crippen LogP contribution in [0.2, 0.25) is 0 Å². The maximum Gasteiger partial charge on any atom is 0.154 e. The van der Waals surface area contributed by atoms with Gasteiger partial charge in [0.05, 0.1) is 0 Å². The molecule has 0 aliphatic carbocycles. The van der Waals surface area contributed by atoms with Crippen LogP contribution in [0, 0.1) is 6.92 Å². The summed E-state index contributed by atoms with van der Waals surface area (Å²) in [6.07, 6.45) is 3.83. The van der Waals surface area contributed by atoms with Crippen LogP contribution >= 0.6 is 23.1 Å². The molecule has 1 aromatic heterocycles. The van der Waals surface area contributed by atoms with E-state index in [4.69, 9.17) is 5.73 Å². The van der Waals surface area contributed by atoms with Crippen molar-refractivity contribution in [3.8, 4) is 0 Å². The maximum atomic E-state index is 6.01. The molecule has 1 unspecified atom stereocenters. The zero-order valence-corrected chi connectivity index (χ0v) is 12.4. The van der Waals surface area contributed by atoms with Crippen LogP contribution in [0.15, 0.2) is 39.0 Å². The Kier molecular flexibility index (Phi) is 4.80. The third-order valence-electron chi connectivity index (χ3n) is 2.94. The molecule has 1 heterocycles. The standard InChI is InChI=1S/C14H18N2S2/c1-3-12(15)9-11-4-5-13(8-10(11)2)18-14-16-6-7-17-14/h4-8,12H,3,9,15H2,1-2H3. The number of aromatic nitrogens is 1. The van der Waals surface area contributed by atoms with Gasteiger partial charge in [-0.15, -0.1) is 11.3 Å². The Morgan fingerprint density at radius 1 is 1.44 bits per heavy atom. The van der Waals surface area contributed by atoms with Crippen LogP contribution in [0.3, 0.4) is 0 Å². The molecule has 0 saturated carbocycles. The van der Waals surface area contributed by atoms with Crippen molar-refractivity contribution in [3.05, 3.63) is 40.9 Å². The zero-order valence-electron chi connectivity index (χ0n) is 10.7. The highest BCUT2D eigenvalue weighted by atomic mass is 32.2. The largest absolute Gasteiger partial charge is 0.327 e. The van der Waals surface area contributed by atoms with Gasteiger partial charge in [0, 0.05) is 22.5 Å². The monoisotopic (exact) mass is 278 g/mol. The van der Waals surface area contributed by atoms with Crippen molar-refractivity contribution in [2.24, 2.45) is 5.73 Å². The van der Waals surface area contributed by atoms with Crippen molar-refractivity contribution in [1.82, 2.24) is 4.98 Å². The highest BCUT2D eigenvalue weighted by Crippen LogP contribution is 2.30. The lowest BCUT2D eigenvalue weighted by Gasteiger charge is -2.12. The van der Waals surface area contributed by atoms with Gasteiger partial charge in [0.15, 0.2) is 4.34 Å². The lowest BCUT2D eigenvalue weighted by atomic mass is 10.0. The third-order valence-corrected chi connectivity index (χ3v) is 4.81. The van der Waals surface area contributed by atoms with Gasteiger partial charge in [0.1, 0.15) is 0 Å². The number of thiazole rings is 1.